The van der Waals surface area contributed by atoms with Gasteiger partial charge in [0, 0.05) is 5.39 Å². The molecule has 5 nitrogen and oxygen atoms in total. The first kappa shape index (κ1) is 9.80. The molecule has 0 bridgehead atoms. The monoisotopic (exact) mass is 225 g/mol. The molecule has 0 aliphatic rings. The highest BCUT2D eigenvalue weighted by Gasteiger charge is 2.05. The third-order valence-electron chi connectivity index (χ3n) is 2.58. The zero-order valence-corrected chi connectivity index (χ0v) is 9.04. The number of hydrogen-bond donors (Lipinski definition) is 2. The molecule has 1 aromatic carbocycles. The van der Waals surface area contributed by atoms with Gasteiger partial charge in [-0.25, -0.2) is 15.5 Å². The summed E-state index contributed by atoms with van der Waals surface area (Å²) in [4.78, 5) is 4.35. The Hall–Kier alpha value is -2.40. The lowest BCUT2D eigenvalue weighted by molar-refractivity contribution is 0.875. The van der Waals surface area contributed by atoms with Gasteiger partial charge >= 0.3 is 0 Å². The quantitative estimate of drug-likeness (QED) is 0.514. The first-order valence-corrected chi connectivity index (χ1v) is 5.25. The third-order valence-corrected chi connectivity index (χ3v) is 2.58. The Morgan fingerprint density at radius 1 is 1.06 bits per heavy atom. The van der Waals surface area contributed by atoms with E-state index in [1.807, 2.05) is 42.6 Å². The average molecular weight is 225 g/mol. The molecule has 0 saturated carbocycles. The topological polar surface area (TPSA) is 68.8 Å². The van der Waals surface area contributed by atoms with Crippen LogP contribution in [0.2, 0.25) is 0 Å². The molecule has 0 atom stereocenters. The Kier molecular flexibility index (Phi) is 2.23. The zero-order valence-electron chi connectivity index (χ0n) is 9.04. The molecule has 0 spiro atoms. The van der Waals surface area contributed by atoms with Crippen LogP contribution in [0.3, 0.4) is 0 Å². The second-order valence-corrected chi connectivity index (χ2v) is 3.64. The van der Waals surface area contributed by atoms with Gasteiger partial charge in [-0.15, -0.1) is 0 Å². The van der Waals surface area contributed by atoms with Crippen LogP contribution < -0.4 is 11.3 Å². The normalized spacial score (nSPS) is 10.6. The Labute approximate surface area is 97.9 Å². The number of rotatable bonds is 2. The molecule has 84 valence electrons. The highest BCUT2D eigenvalue weighted by atomic mass is 15.3. The molecule has 0 aliphatic heterocycles. The molecule has 3 aromatic rings. The average Bonchev–Trinajstić information content (AvgIpc) is 2.82. The minimum atomic E-state index is 0.613. The molecule has 5 heteroatoms. The van der Waals surface area contributed by atoms with Gasteiger partial charge in [0.15, 0.2) is 5.82 Å². The van der Waals surface area contributed by atoms with E-state index in [2.05, 4.69) is 15.5 Å². The summed E-state index contributed by atoms with van der Waals surface area (Å²) < 4.78 is 1.79. The summed E-state index contributed by atoms with van der Waals surface area (Å²) >= 11 is 0. The molecule has 0 saturated heterocycles. The van der Waals surface area contributed by atoms with Crippen molar-refractivity contribution >= 4 is 16.7 Å². The lowest BCUT2D eigenvalue weighted by atomic mass is 10.2. The van der Waals surface area contributed by atoms with Crippen LogP contribution in [0, 0.1) is 0 Å². The van der Waals surface area contributed by atoms with Gasteiger partial charge in [0.05, 0.1) is 11.7 Å². The fourth-order valence-corrected chi connectivity index (χ4v) is 1.78. The first-order valence-electron chi connectivity index (χ1n) is 5.25. The van der Waals surface area contributed by atoms with E-state index in [9.17, 15) is 0 Å². The van der Waals surface area contributed by atoms with Crippen molar-refractivity contribution in [3.8, 4) is 5.82 Å². The molecular weight excluding hydrogens is 214 g/mol. The number of nitrogens with zero attached hydrogens (tertiary/aromatic N) is 3. The molecule has 17 heavy (non-hydrogen) atoms. The van der Waals surface area contributed by atoms with Gasteiger partial charge in [-0.1, -0.05) is 24.3 Å². The van der Waals surface area contributed by atoms with Crippen molar-refractivity contribution in [3.63, 3.8) is 0 Å². The number of anilines is 1. The molecular formula is C12H11N5. The van der Waals surface area contributed by atoms with Crippen molar-refractivity contribution in [2.24, 2.45) is 5.84 Å². The molecule has 0 radical (unpaired) electrons. The van der Waals surface area contributed by atoms with Gasteiger partial charge < -0.3 is 5.43 Å². The van der Waals surface area contributed by atoms with Gasteiger partial charge in [-0.05, 0) is 18.2 Å². The maximum Gasteiger partial charge on any atom is 0.156 e. The van der Waals surface area contributed by atoms with E-state index in [0.29, 0.717) is 5.82 Å². The van der Waals surface area contributed by atoms with E-state index in [1.54, 1.807) is 10.7 Å². The second kappa shape index (κ2) is 3.88. The van der Waals surface area contributed by atoms with E-state index in [0.717, 1.165) is 16.7 Å². The van der Waals surface area contributed by atoms with E-state index < -0.39 is 0 Å². The summed E-state index contributed by atoms with van der Waals surface area (Å²) in [5.74, 6) is 6.69. The van der Waals surface area contributed by atoms with E-state index in [4.69, 9.17) is 5.84 Å². The maximum absolute atomic E-state index is 5.34. The summed E-state index contributed by atoms with van der Waals surface area (Å²) in [6.45, 7) is 0. The van der Waals surface area contributed by atoms with Crippen LogP contribution in [0.5, 0.6) is 0 Å². The van der Waals surface area contributed by atoms with Gasteiger partial charge in [-0.3, -0.25) is 0 Å². The van der Waals surface area contributed by atoms with Crippen LogP contribution >= 0.6 is 0 Å². The van der Waals surface area contributed by atoms with Gasteiger partial charge in [-0.2, -0.15) is 5.10 Å². The minimum absolute atomic E-state index is 0.613. The number of aromatic nitrogens is 3. The summed E-state index contributed by atoms with van der Waals surface area (Å²) in [6, 6.07) is 13.6. The Bertz CT molecular complexity index is 659. The zero-order chi connectivity index (χ0) is 11.7. The number of nitrogens with one attached hydrogen (secondary N) is 1. The summed E-state index contributed by atoms with van der Waals surface area (Å²) in [6.07, 6.45) is 1.82. The van der Waals surface area contributed by atoms with E-state index in [1.165, 1.54) is 0 Å². The lowest BCUT2D eigenvalue weighted by Crippen LogP contribution is -2.10. The van der Waals surface area contributed by atoms with E-state index in [-0.39, 0.29) is 0 Å². The number of hydrazine groups is 1. The number of pyridine rings is 1. The Morgan fingerprint density at radius 3 is 2.82 bits per heavy atom. The minimum Gasteiger partial charge on any atom is -0.308 e. The number of para-hydroxylation sites is 1. The predicted molar refractivity (Wildman–Crippen MR) is 66.7 cm³/mol. The van der Waals surface area contributed by atoms with Crippen molar-refractivity contribution in [1.29, 1.82) is 0 Å². The Balaban J connectivity index is 2.20. The highest BCUT2D eigenvalue weighted by Crippen LogP contribution is 2.17. The molecule has 0 amide bonds. The number of nitrogen functional groups attached to an aromatic ring is 1. The standard InChI is InChI=1S/C12H11N5/c13-16-11-6-3-7-12(15-11)17-10-5-2-1-4-9(10)8-14-17/h1-8H,13H2,(H,15,16). The number of nitrogens with two attached hydrogens (primary N) is 1. The highest BCUT2D eigenvalue weighted by molar-refractivity contribution is 5.79. The molecule has 0 aliphatic carbocycles. The first-order chi connectivity index (χ1) is 8.38. The smallest absolute Gasteiger partial charge is 0.156 e. The molecule has 0 unspecified atom stereocenters. The fourth-order valence-electron chi connectivity index (χ4n) is 1.78. The van der Waals surface area contributed by atoms with Crippen LogP contribution in [0.15, 0.2) is 48.7 Å². The van der Waals surface area contributed by atoms with Crippen molar-refractivity contribution in [3.05, 3.63) is 48.7 Å². The van der Waals surface area contributed by atoms with Crippen LogP contribution in [-0.4, -0.2) is 14.8 Å². The van der Waals surface area contributed by atoms with Crippen molar-refractivity contribution in [1.82, 2.24) is 14.8 Å². The number of fused-ring (bicyclic) bond motifs is 1. The summed E-state index contributed by atoms with van der Waals surface area (Å²) in [7, 11) is 0. The summed E-state index contributed by atoms with van der Waals surface area (Å²) in [5, 5.41) is 5.41. The largest absolute Gasteiger partial charge is 0.308 e. The molecule has 2 heterocycles. The molecule has 0 fully saturated rings. The van der Waals surface area contributed by atoms with Crippen LogP contribution in [0.25, 0.3) is 16.7 Å². The molecule has 3 rings (SSSR count). The second-order valence-electron chi connectivity index (χ2n) is 3.64. The van der Waals surface area contributed by atoms with Crippen LogP contribution in [0.4, 0.5) is 5.82 Å². The fraction of sp³-hybridized carbons (Fsp3) is 0. The number of hydrogen-bond acceptors (Lipinski definition) is 4. The van der Waals surface area contributed by atoms with Crippen LogP contribution in [-0.2, 0) is 0 Å². The van der Waals surface area contributed by atoms with E-state index >= 15 is 0 Å². The SMILES string of the molecule is NNc1cccc(-n2ncc3ccccc32)n1. The Morgan fingerprint density at radius 2 is 1.94 bits per heavy atom. The third kappa shape index (κ3) is 1.62. The van der Waals surface area contributed by atoms with Gasteiger partial charge in [0.2, 0.25) is 0 Å². The molecule has 3 N–H and O–H groups in total. The van der Waals surface area contributed by atoms with Crippen molar-refractivity contribution < 1.29 is 0 Å². The maximum atomic E-state index is 5.34. The van der Waals surface area contributed by atoms with Gasteiger partial charge in [0.1, 0.15) is 5.82 Å². The summed E-state index contributed by atoms with van der Waals surface area (Å²) in [5.41, 5.74) is 3.55. The van der Waals surface area contributed by atoms with Crippen molar-refractivity contribution in [2.45, 2.75) is 0 Å². The lowest BCUT2D eigenvalue weighted by Gasteiger charge is -2.04. The molecule has 2 aromatic heterocycles. The van der Waals surface area contributed by atoms with Crippen LogP contribution in [0.1, 0.15) is 0 Å². The van der Waals surface area contributed by atoms with Crippen molar-refractivity contribution in [2.75, 3.05) is 5.43 Å². The van der Waals surface area contributed by atoms with Gasteiger partial charge in [0.25, 0.3) is 0 Å². The number of benzene rings is 1. The predicted octanol–water partition coefficient (Wildman–Crippen LogP) is 1.71.